The number of benzene rings is 2. The van der Waals surface area contributed by atoms with Gasteiger partial charge in [-0.15, -0.1) is 0 Å². The van der Waals surface area contributed by atoms with Crippen LogP contribution in [0.3, 0.4) is 0 Å². The second-order valence-corrected chi connectivity index (χ2v) is 5.35. The third-order valence-electron chi connectivity index (χ3n) is 3.11. The van der Waals surface area contributed by atoms with E-state index in [0.717, 1.165) is 21.3 Å². The van der Waals surface area contributed by atoms with Crippen molar-refractivity contribution in [3.63, 3.8) is 0 Å². The number of methoxy groups -OCH3 is 1. The second kappa shape index (κ2) is 6.58. The van der Waals surface area contributed by atoms with Crippen LogP contribution in [0.5, 0.6) is 5.75 Å². The van der Waals surface area contributed by atoms with E-state index in [1.165, 1.54) is 13.2 Å². The number of halogens is 1. The van der Waals surface area contributed by atoms with E-state index in [2.05, 4.69) is 21.2 Å². The quantitative estimate of drug-likeness (QED) is 0.645. The topological polar surface area (TPSA) is 64.4 Å². The summed E-state index contributed by atoms with van der Waals surface area (Å²) < 4.78 is 5.98. The van der Waals surface area contributed by atoms with Crippen molar-refractivity contribution in [2.75, 3.05) is 12.4 Å². The lowest BCUT2D eigenvalue weighted by Crippen LogP contribution is -2.02. The van der Waals surface area contributed by atoms with Crippen molar-refractivity contribution in [3.05, 3.63) is 62.1 Å². The van der Waals surface area contributed by atoms with Gasteiger partial charge in [-0.05, 0) is 46.1 Å². The molecule has 0 amide bonds. The summed E-state index contributed by atoms with van der Waals surface area (Å²) in [5, 5.41) is 14.3. The van der Waals surface area contributed by atoms with Crippen LogP contribution in [0.25, 0.3) is 0 Å². The molecule has 0 saturated carbocycles. The highest BCUT2D eigenvalue weighted by molar-refractivity contribution is 9.10. The van der Waals surface area contributed by atoms with Crippen molar-refractivity contribution >= 4 is 27.3 Å². The van der Waals surface area contributed by atoms with E-state index >= 15 is 0 Å². The van der Waals surface area contributed by atoms with Gasteiger partial charge < -0.3 is 10.1 Å². The molecular formula is C15H15BrN2O3. The van der Waals surface area contributed by atoms with Crippen molar-refractivity contribution in [2.45, 2.75) is 13.5 Å². The molecule has 0 aliphatic rings. The van der Waals surface area contributed by atoms with E-state index in [9.17, 15) is 10.1 Å². The number of nitro benzene ring substituents is 1. The zero-order chi connectivity index (χ0) is 15.4. The molecule has 0 bridgehead atoms. The number of ether oxygens (including phenoxy) is 1. The number of anilines is 1. The van der Waals surface area contributed by atoms with Crippen LogP contribution in [-0.4, -0.2) is 12.0 Å². The highest BCUT2D eigenvalue weighted by atomic mass is 79.9. The summed E-state index contributed by atoms with van der Waals surface area (Å²) in [4.78, 5) is 10.6. The van der Waals surface area contributed by atoms with Gasteiger partial charge in [-0.2, -0.15) is 0 Å². The lowest BCUT2D eigenvalue weighted by molar-refractivity contribution is -0.385. The predicted octanol–water partition coefficient (Wildman–Crippen LogP) is 4.29. The summed E-state index contributed by atoms with van der Waals surface area (Å²) >= 11 is 3.52. The lowest BCUT2D eigenvalue weighted by Gasteiger charge is -2.11. The van der Waals surface area contributed by atoms with Gasteiger partial charge in [-0.1, -0.05) is 18.2 Å². The number of rotatable bonds is 5. The fourth-order valence-corrected chi connectivity index (χ4v) is 2.37. The van der Waals surface area contributed by atoms with E-state index in [0.29, 0.717) is 6.54 Å². The van der Waals surface area contributed by atoms with Gasteiger partial charge in [0.2, 0.25) is 0 Å². The van der Waals surface area contributed by atoms with E-state index < -0.39 is 4.92 Å². The number of nitrogens with one attached hydrogen (secondary N) is 1. The first-order chi connectivity index (χ1) is 10.0. The summed E-state index contributed by atoms with van der Waals surface area (Å²) in [5.74, 6) is 0.264. The Kier molecular flexibility index (Phi) is 4.80. The summed E-state index contributed by atoms with van der Waals surface area (Å²) in [6.07, 6.45) is 0. The van der Waals surface area contributed by atoms with Crippen LogP contribution < -0.4 is 10.1 Å². The van der Waals surface area contributed by atoms with Gasteiger partial charge in [-0.3, -0.25) is 10.1 Å². The third-order valence-corrected chi connectivity index (χ3v) is 4.17. The molecule has 0 aromatic heterocycles. The molecule has 0 saturated heterocycles. The van der Waals surface area contributed by atoms with Crippen LogP contribution in [0.2, 0.25) is 0 Å². The number of aryl methyl sites for hydroxylation is 1. The zero-order valence-electron chi connectivity index (χ0n) is 11.7. The summed E-state index contributed by atoms with van der Waals surface area (Å²) in [5.41, 5.74) is 2.87. The number of nitro groups is 1. The second-order valence-electron chi connectivity index (χ2n) is 4.55. The normalized spacial score (nSPS) is 10.2. The van der Waals surface area contributed by atoms with E-state index in [1.807, 2.05) is 31.2 Å². The summed E-state index contributed by atoms with van der Waals surface area (Å²) in [6, 6.07) is 10.9. The summed E-state index contributed by atoms with van der Waals surface area (Å²) in [7, 11) is 1.42. The molecular weight excluding hydrogens is 336 g/mol. The fraction of sp³-hybridized carbons (Fsp3) is 0.200. The molecule has 0 fully saturated rings. The van der Waals surface area contributed by atoms with Crippen LogP contribution >= 0.6 is 15.9 Å². The Hall–Kier alpha value is -2.08. The highest BCUT2D eigenvalue weighted by Gasteiger charge is 2.15. The molecule has 2 rings (SSSR count). The van der Waals surface area contributed by atoms with Crippen LogP contribution in [0.4, 0.5) is 11.4 Å². The van der Waals surface area contributed by atoms with Crippen molar-refractivity contribution in [1.82, 2.24) is 0 Å². The third kappa shape index (κ3) is 3.52. The Morgan fingerprint density at radius 1 is 1.33 bits per heavy atom. The number of hydrogen-bond acceptors (Lipinski definition) is 4. The van der Waals surface area contributed by atoms with E-state index in [1.54, 1.807) is 6.07 Å². The molecule has 1 N–H and O–H groups in total. The number of nitrogens with zero attached hydrogens (tertiary/aromatic N) is 1. The first kappa shape index (κ1) is 15.3. The van der Waals surface area contributed by atoms with Gasteiger partial charge >= 0.3 is 5.69 Å². The van der Waals surface area contributed by atoms with E-state index in [-0.39, 0.29) is 11.4 Å². The Morgan fingerprint density at radius 2 is 2.10 bits per heavy atom. The maximum absolute atomic E-state index is 11.0. The molecule has 0 atom stereocenters. The first-order valence-electron chi connectivity index (χ1n) is 6.33. The lowest BCUT2D eigenvalue weighted by atomic mass is 10.1. The van der Waals surface area contributed by atoms with Crippen LogP contribution in [0.15, 0.2) is 40.9 Å². The van der Waals surface area contributed by atoms with E-state index in [4.69, 9.17) is 4.74 Å². The van der Waals surface area contributed by atoms with Gasteiger partial charge in [0, 0.05) is 22.8 Å². The Labute approximate surface area is 131 Å². The molecule has 6 heteroatoms. The largest absolute Gasteiger partial charge is 0.490 e. The first-order valence-corrected chi connectivity index (χ1v) is 7.12. The Balaban J connectivity index is 2.19. The molecule has 0 radical (unpaired) electrons. The smallest absolute Gasteiger partial charge is 0.311 e. The standard InChI is InChI=1S/C15H15BrN2O3/c1-10-4-3-5-12(15(10)16)17-9-11-6-7-14(21-2)13(8-11)18(19)20/h3-8,17H,9H2,1-2H3. The van der Waals surface area contributed by atoms with Gasteiger partial charge in [0.15, 0.2) is 5.75 Å². The molecule has 0 unspecified atom stereocenters. The van der Waals surface area contributed by atoms with Crippen molar-refractivity contribution < 1.29 is 9.66 Å². The van der Waals surface area contributed by atoms with Gasteiger partial charge in [0.1, 0.15) is 0 Å². The average Bonchev–Trinajstić information content (AvgIpc) is 2.48. The van der Waals surface area contributed by atoms with Gasteiger partial charge in [0.05, 0.1) is 12.0 Å². The molecule has 0 spiro atoms. The summed E-state index contributed by atoms with van der Waals surface area (Å²) in [6.45, 7) is 2.50. The average molecular weight is 351 g/mol. The maximum atomic E-state index is 11.0. The van der Waals surface area contributed by atoms with Crippen LogP contribution in [0.1, 0.15) is 11.1 Å². The molecule has 0 aliphatic heterocycles. The maximum Gasteiger partial charge on any atom is 0.311 e. The fourth-order valence-electron chi connectivity index (χ4n) is 1.97. The minimum absolute atomic E-state index is 0.0277. The monoisotopic (exact) mass is 350 g/mol. The van der Waals surface area contributed by atoms with Crippen molar-refractivity contribution in [2.24, 2.45) is 0 Å². The molecule has 0 heterocycles. The molecule has 2 aromatic rings. The van der Waals surface area contributed by atoms with Gasteiger partial charge in [-0.25, -0.2) is 0 Å². The van der Waals surface area contributed by atoms with Crippen LogP contribution in [0, 0.1) is 17.0 Å². The van der Waals surface area contributed by atoms with Gasteiger partial charge in [0.25, 0.3) is 0 Å². The minimum Gasteiger partial charge on any atom is -0.490 e. The highest BCUT2D eigenvalue weighted by Crippen LogP contribution is 2.29. The molecule has 0 aliphatic carbocycles. The predicted molar refractivity (Wildman–Crippen MR) is 85.9 cm³/mol. The van der Waals surface area contributed by atoms with Crippen molar-refractivity contribution in [3.8, 4) is 5.75 Å². The zero-order valence-corrected chi connectivity index (χ0v) is 13.3. The molecule has 5 nitrogen and oxygen atoms in total. The van der Waals surface area contributed by atoms with Crippen molar-refractivity contribution in [1.29, 1.82) is 0 Å². The molecule has 21 heavy (non-hydrogen) atoms. The number of hydrogen-bond donors (Lipinski definition) is 1. The Bertz CT molecular complexity index is 674. The Morgan fingerprint density at radius 3 is 2.76 bits per heavy atom. The SMILES string of the molecule is COc1ccc(CNc2cccc(C)c2Br)cc1[N+](=O)[O-]. The molecule has 2 aromatic carbocycles. The van der Waals surface area contributed by atoms with Crippen LogP contribution in [-0.2, 0) is 6.54 Å². The molecule has 110 valence electrons. The minimum atomic E-state index is -0.440.